The van der Waals surface area contributed by atoms with Gasteiger partial charge in [-0.05, 0) is 24.5 Å². The van der Waals surface area contributed by atoms with Gasteiger partial charge in [-0.3, -0.25) is 4.79 Å². The number of hydrogen-bond acceptors (Lipinski definition) is 3. The number of rotatable bonds is 3. The number of hydrogen-bond donors (Lipinski definition) is 1. The Balaban J connectivity index is 2.53. The molecule has 3 nitrogen and oxygen atoms in total. The normalized spacial score (nSPS) is 9.83. The van der Waals surface area contributed by atoms with E-state index < -0.39 is 6.67 Å². The minimum absolute atomic E-state index is 0.0510. The summed E-state index contributed by atoms with van der Waals surface area (Å²) in [7, 11) is 0. The zero-order valence-electron chi connectivity index (χ0n) is 6.63. The number of amides is 1. The highest BCUT2D eigenvalue weighted by molar-refractivity contribution is 7.05. The van der Waals surface area contributed by atoms with Gasteiger partial charge in [0.25, 0.3) is 5.91 Å². The van der Waals surface area contributed by atoms with E-state index in [-0.39, 0.29) is 12.5 Å². The Hall–Kier alpha value is -0.970. The Morgan fingerprint density at radius 3 is 3.08 bits per heavy atom. The summed E-state index contributed by atoms with van der Waals surface area (Å²) in [5, 5.41) is 2.39. The number of alkyl halides is 1. The number of aromatic nitrogens is 1. The molecule has 0 aliphatic carbocycles. The number of carbonyl (C=O) groups is 1. The molecule has 0 spiro atoms. The molecule has 66 valence electrons. The number of nitrogens with one attached hydrogen (secondary N) is 1. The van der Waals surface area contributed by atoms with Gasteiger partial charge < -0.3 is 5.32 Å². The summed E-state index contributed by atoms with van der Waals surface area (Å²) in [6.07, 6.45) is 0. The minimum Gasteiger partial charge on any atom is -0.348 e. The average molecular weight is 188 g/mol. The molecule has 5 heteroatoms. The maximum atomic E-state index is 11.6. The molecule has 1 aromatic rings. The summed E-state index contributed by atoms with van der Waals surface area (Å²) in [4.78, 5) is 12.1. The number of halogens is 1. The lowest BCUT2D eigenvalue weighted by molar-refractivity contribution is 0.0947. The molecule has 1 rings (SSSR count). The van der Waals surface area contributed by atoms with Gasteiger partial charge >= 0.3 is 0 Å². The molecule has 0 saturated carbocycles. The third-order valence-corrected chi connectivity index (χ3v) is 1.93. The van der Waals surface area contributed by atoms with Crippen LogP contribution in [-0.4, -0.2) is 23.5 Å². The second-order valence-corrected chi connectivity index (χ2v) is 3.28. The Morgan fingerprint density at radius 1 is 1.83 bits per heavy atom. The molecular weight excluding hydrogens is 179 g/mol. The first-order valence-corrected chi connectivity index (χ1v) is 4.29. The van der Waals surface area contributed by atoms with E-state index >= 15 is 0 Å². The van der Waals surface area contributed by atoms with Gasteiger partial charge in [0.2, 0.25) is 0 Å². The van der Waals surface area contributed by atoms with Crippen LogP contribution in [0.2, 0.25) is 0 Å². The third-order valence-electron chi connectivity index (χ3n) is 1.24. The van der Waals surface area contributed by atoms with Gasteiger partial charge in [0.05, 0.1) is 0 Å². The lowest BCUT2D eigenvalue weighted by atomic mass is 10.3. The highest BCUT2D eigenvalue weighted by Crippen LogP contribution is 2.07. The molecule has 1 amide bonds. The van der Waals surface area contributed by atoms with Crippen LogP contribution in [0.1, 0.15) is 15.4 Å². The summed E-state index contributed by atoms with van der Waals surface area (Å²) < 4.78 is 15.5. The van der Waals surface area contributed by atoms with E-state index in [1.165, 1.54) is 11.5 Å². The standard InChI is InChI=1S/C7H9FN2OS/c1-5-4-6(10-12-5)7(11)9-3-2-8/h4H,2-3H2,1H3,(H,9,11). The van der Waals surface area contributed by atoms with Crippen LogP contribution in [0.4, 0.5) is 4.39 Å². The zero-order chi connectivity index (χ0) is 8.97. The summed E-state index contributed by atoms with van der Waals surface area (Å²) in [5.74, 6) is -0.308. The van der Waals surface area contributed by atoms with Crippen molar-refractivity contribution in [3.8, 4) is 0 Å². The average Bonchev–Trinajstić information content (AvgIpc) is 2.47. The van der Waals surface area contributed by atoms with Crippen LogP contribution < -0.4 is 5.32 Å². The predicted molar refractivity (Wildman–Crippen MR) is 45.2 cm³/mol. The summed E-state index contributed by atoms with van der Waals surface area (Å²) in [6, 6.07) is 1.68. The van der Waals surface area contributed by atoms with Gasteiger partial charge in [-0.25, -0.2) is 4.39 Å². The van der Waals surface area contributed by atoms with E-state index in [0.717, 1.165) is 4.88 Å². The van der Waals surface area contributed by atoms with Crippen LogP contribution in [0.5, 0.6) is 0 Å². The zero-order valence-corrected chi connectivity index (χ0v) is 7.45. The largest absolute Gasteiger partial charge is 0.348 e. The molecule has 0 saturated heterocycles. The molecule has 0 atom stereocenters. The number of carbonyl (C=O) groups excluding carboxylic acids is 1. The lowest BCUT2D eigenvalue weighted by Crippen LogP contribution is -2.25. The van der Waals surface area contributed by atoms with Crippen molar-refractivity contribution in [3.63, 3.8) is 0 Å². The van der Waals surface area contributed by atoms with Crippen molar-refractivity contribution >= 4 is 17.4 Å². The summed E-state index contributed by atoms with van der Waals surface area (Å²) in [6.45, 7) is 1.37. The molecule has 0 aromatic carbocycles. The maximum absolute atomic E-state index is 11.6. The first kappa shape index (κ1) is 9.12. The second kappa shape index (κ2) is 4.15. The number of nitrogens with zero attached hydrogens (tertiary/aromatic N) is 1. The highest BCUT2D eigenvalue weighted by atomic mass is 32.1. The molecule has 1 heterocycles. The van der Waals surface area contributed by atoms with Gasteiger partial charge in [-0.15, -0.1) is 0 Å². The molecular formula is C7H9FN2OS. The van der Waals surface area contributed by atoms with Crippen LogP contribution in [0.25, 0.3) is 0 Å². The Morgan fingerprint density at radius 2 is 2.58 bits per heavy atom. The van der Waals surface area contributed by atoms with E-state index in [1.807, 2.05) is 6.92 Å². The van der Waals surface area contributed by atoms with Crippen molar-refractivity contribution in [2.45, 2.75) is 6.92 Å². The SMILES string of the molecule is Cc1cc(C(=O)NCCF)ns1. The first-order valence-electron chi connectivity index (χ1n) is 3.51. The van der Waals surface area contributed by atoms with Crippen molar-refractivity contribution < 1.29 is 9.18 Å². The Bertz CT molecular complexity index is 274. The smallest absolute Gasteiger partial charge is 0.271 e. The highest BCUT2D eigenvalue weighted by Gasteiger charge is 2.07. The number of aryl methyl sites for hydroxylation is 1. The summed E-state index contributed by atoms with van der Waals surface area (Å²) >= 11 is 1.26. The fourth-order valence-corrected chi connectivity index (χ4v) is 1.27. The predicted octanol–water partition coefficient (Wildman–Crippen LogP) is 1.15. The van der Waals surface area contributed by atoms with Gasteiger partial charge in [0.15, 0.2) is 0 Å². The molecule has 1 aromatic heterocycles. The van der Waals surface area contributed by atoms with Gasteiger partial charge in [-0.2, -0.15) is 4.37 Å². The molecule has 12 heavy (non-hydrogen) atoms. The lowest BCUT2D eigenvalue weighted by Gasteiger charge is -1.96. The maximum Gasteiger partial charge on any atom is 0.271 e. The Kier molecular flexibility index (Phi) is 3.16. The quantitative estimate of drug-likeness (QED) is 0.773. The van der Waals surface area contributed by atoms with Crippen LogP contribution >= 0.6 is 11.5 Å². The van der Waals surface area contributed by atoms with Gasteiger partial charge in [0.1, 0.15) is 12.4 Å². The van der Waals surface area contributed by atoms with Crippen LogP contribution in [0, 0.1) is 6.92 Å². The van der Waals surface area contributed by atoms with E-state index in [9.17, 15) is 9.18 Å². The molecule has 0 fully saturated rings. The van der Waals surface area contributed by atoms with E-state index in [2.05, 4.69) is 9.69 Å². The second-order valence-electron chi connectivity index (χ2n) is 2.27. The fourth-order valence-electron chi connectivity index (χ4n) is 0.725. The molecule has 0 unspecified atom stereocenters. The topological polar surface area (TPSA) is 42.0 Å². The first-order chi connectivity index (χ1) is 5.74. The van der Waals surface area contributed by atoms with E-state index in [4.69, 9.17) is 0 Å². The molecule has 0 aliphatic heterocycles. The molecule has 0 radical (unpaired) electrons. The monoisotopic (exact) mass is 188 g/mol. The van der Waals surface area contributed by atoms with E-state index in [1.54, 1.807) is 6.07 Å². The van der Waals surface area contributed by atoms with Crippen molar-refractivity contribution in [1.29, 1.82) is 0 Å². The van der Waals surface area contributed by atoms with E-state index in [0.29, 0.717) is 5.69 Å². The van der Waals surface area contributed by atoms with Crippen molar-refractivity contribution in [3.05, 3.63) is 16.6 Å². The molecule has 1 N–H and O–H groups in total. The van der Waals surface area contributed by atoms with Crippen molar-refractivity contribution in [2.75, 3.05) is 13.2 Å². The van der Waals surface area contributed by atoms with Gasteiger partial charge in [0, 0.05) is 11.4 Å². The molecule has 0 bridgehead atoms. The molecule has 0 aliphatic rings. The van der Waals surface area contributed by atoms with Crippen LogP contribution in [0.15, 0.2) is 6.07 Å². The fraction of sp³-hybridized carbons (Fsp3) is 0.429. The minimum atomic E-state index is -0.547. The van der Waals surface area contributed by atoms with Crippen LogP contribution in [-0.2, 0) is 0 Å². The van der Waals surface area contributed by atoms with Crippen molar-refractivity contribution in [1.82, 2.24) is 9.69 Å². The summed E-state index contributed by atoms with van der Waals surface area (Å²) in [5.41, 5.74) is 0.367. The van der Waals surface area contributed by atoms with Crippen LogP contribution in [0.3, 0.4) is 0 Å². The van der Waals surface area contributed by atoms with Crippen molar-refractivity contribution in [2.24, 2.45) is 0 Å². The Labute approximate surface area is 73.8 Å². The third kappa shape index (κ3) is 2.27. The van der Waals surface area contributed by atoms with Gasteiger partial charge in [-0.1, -0.05) is 0 Å².